The van der Waals surface area contributed by atoms with E-state index in [-0.39, 0.29) is 12.0 Å². The van der Waals surface area contributed by atoms with Crippen molar-refractivity contribution in [3.05, 3.63) is 24.5 Å². The van der Waals surface area contributed by atoms with E-state index in [9.17, 15) is 4.79 Å². The lowest BCUT2D eigenvalue weighted by atomic mass is 10.0. The average molecular weight is 262 g/mol. The van der Waals surface area contributed by atoms with E-state index < -0.39 is 0 Å². The Bertz CT molecular complexity index is 565. The van der Waals surface area contributed by atoms with Gasteiger partial charge in [0.2, 0.25) is 0 Å². The standard InChI is InChI=1S/C13H18N4O2/c1-9(2)8-10(13(18)19-3)15-11-5-7-17-12(16-11)4-6-14-17/h4-7,9-10H,8H2,1-3H3,(H,15,16). The quantitative estimate of drug-likeness (QED) is 0.831. The summed E-state index contributed by atoms with van der Waals surface area (Å²) in [7, 11) is 1.39. The molecule has 0 bridgehead atoms. The molecular weight excluding hydrogens is 244 g/mol. The van der Waals surface area contributed by atoms with E-state index in [2.05, 4.69) is 29.2 Å². The second-order valence-electron chi connectivity index (χ2n) is 4.80. The molecule has 0 radical (unpaired) electrons. The molecular formula is C13H18N4O2. The molecule has 1 N–H and O–H groups in total. The average Bonchev–Trinajstić information content (AvgIpc) is 2.84. The van der Waals surface area contributed by atoms with E-state index in [0.717, 1.165) is 5.65 Å². The molecule has 6 nitrogen and oxygen atoms in total. The van der Waals surface area contributed by atoms with E-state index in [1.807, 2.05) is 0 Å². The van der Waals surface area contributed by atoms with E-state index in [4.69, 9.17) is 4.74 Å². The van der Waals surface area contributed by atoms with Crippen molar-refractivity contribution in [1.82, 2.24) is 14.6 Å². The van der Waals surface area contributed by atoms with Crippen LogP contribution in [0.15, 0.2) is 24.5 Å². The first kappa shape index (κ1) is 13.3. The van der Waals surface area contributed by atoms with Gasteiger partial charge in [-0.3, -0.25) is 0 Å². The second kappa shape index (κ2) is 5.69. The molecule has 1 atom stereocenters. The second-order valence-corrected chi connectivity index (χ2v) is 4.80. The van der Waals surface area contributed by atoms with Gasteiger partial charge in [-0.25, -0.2) is 14.3 Å². The Balaban J connectivity index is 2.17. The summed E-state index contributed by atoms with van der Waals surface area (Å²) in [5.74, 6) is 0.753. The Morgan fingerprint density at radius 1 is 1.47 bits per heavy atom. The molecule has 0 fully saturated rings. The molecule has 0 aliphatic carbocycles. The predicted octanol–water partition coefficient (Wildman–Crippen LogP) is 1.73. The first-order chi connectivity index (χ1) is 9.10. The smallest absolute Gasteiger partial charge is 0.328 e. The summed E-state index contributed by atoms with van der Waals surface area (Å²) >= 11 is 0. The van der Waals surface area contributed by atoms with Gasteiger partial charge in [0, 0.05) is 12.3 Å². The van der Waals surface area contributed by atoms with Gasteiger partial charge in [0.1, 0.15) is 11.9 Å². The van der Waals surface area contributed by atoms with Crippen molar-refractivity contribution in [3.8, 4) is 0 Å². The van der Waals surface area contributed by atoms with Crippen molar-refractivity contribution in [2.75, 3.05) is 12.4 Å². The summed E-state index contributed by atoms with van der Waals surface area (Å²) in [6.45, 7) is 4.12. The van der Waals surface area contributed by atoms with Gasteiger partial charge in [-0.15, -0.1) is 0 Å². The SMILES string of the molecule is COC(=O)C(CC(C)C)Nc1ccn2nccc2n1. The molecule has 0 amide bonds. The van der Waals surface area contributed by atoms with Gasteiger partial charge in [0.25, 0.3) is 0 Å². The van der Waals surface area contributed by atoms with Gasteiger partial charge < -0.3 is 10.1 Å². The van der Waals surface area contributed by atoms with Crippen molar-refractivity contribution < 1.29 is 9.53 Å². The van der Waals surface area contributed by atoms with Crippen LogP contribution in [0.1, 0.15) is 20.3 Å². The van der Waals surface area contributed by atoms with Crippen molar-refractivity contribution >= 4 is 17.4 Å². The van der Waals surface area contributed by atoms with Crippen LogP contribution in [0.4, 0.5) is 5.82 Å². The number of anilines is 1. The molecule has 0 aromatic carbocycles. The number of esters is 1. The number of nitrogens with zero attached hydrogens (tertiary/aromatic N) is 3. The van der Waals surface area contributed by atoms with Crippen LogP contribution in [0, 0.1) is 5.92 Å². The lowest BCUT2D eigenvalue weighted by Crippen LogP contribution is -2.32. The number of hydrogen-bond donors (Lipinski definition) is 1. The van der Waals surface area contributed by atoms with Crippen LogP contribution >= 0.6 is 0 Å². The predicted molar refractivity (Wildman–Crippen MR) is 71.9 cm³/mol. The van der Waals surface area contributed by atoms with Crippen LogP contribution in [0.25, 0.3) is 5.65 Å². The first-order valence-electron chi connectivity index (χ1n) is 6.25. The molecule has 2 heterocycles. The summed E-state index contributed by atoms with van der Waals surface area (Å²) in [6.07, 6.45) is 4.17. The van der Waals surface area contributed by atoms with Crippen molar-refractivity contribution in [1.29, 1.82) is 0 Å². The molecule has 19 heavy (non-hydrogen) atoms. The van der Waals surface area contributed by atoms with Crippen molar-refractivity contribution in [2.24, 2.45) is 5.92 Å². The third-order valence-electron chi connectivity index (χ3n) is 2.77. The fourth-order valence-electron chi connectivity index (χ4n) is 1.90. The van der Waals surface area contributed by atoms with Crippen LogP contribution in [0.5, 0.6) is 0 Å². The van der Waals surface area contributed by atoms with Gasteiger partial charge >= 0.3 is 5.97 Å². The fourth-order valence-corrected chi connectivity index (χ4v) is 1.90. The Labute approximate surface area is 111 Å². The molecule has 6 heteroatoms. The molecule has 102 valence electrons. The topological polar surface area (TPSA) is 68.5 Å². The largest absolute Gasteiger partial charge is 0.467 e. The van der Waals surface area contributed by atoms with E-state index >= 15 is 0 Å². The highest BCUT2D eigenvalue weighted by Crippen LogP contribution is 2.13. The number of fused-ring (bicyclic) bond motifs is 1. The molecule has 0 spiro atoms. The van der Waals surface area contributed by atoms with Gasteiger partial charge in [-0.2, -0.15) is 5.10 Å². The number of ether oxygens (including phenoxy) is 1. The van der Waals surface area contributed by atoms with Crippen LogP contribution in [-0.4, -0.2) is 33.7 Å². The number of aromatic nitrogens is 3. The highest BCUT2D eigenvalue weighted by molar-refractivity contribution is 5.78. The fraction of sp³-hybridized carbons (Fsp3) is 0.462. The zero-order valence-electron chi connectivity index (χ0n) is 11.3. The van der Waals surface area contributed by atoms with Gasteiger partial charge in [-0.05, 0) is 18.4 Å². The Kier molecular flexibility index (Phi) is 3.99. The van der Waals surface area contributed by atoms with E-state index in [1.54, 1.807) is 29.0 Å². The van der Waals surface area contributed by atoms with Crippen molar-refractivity contribution in [2.45, 2.75) is 26.3 Å². The molecule has 2 rings (SSSR count). The minimum Gasteiger partial charge on any atom is -0.467 e. The Morgan fingerprint density at radius 2 is 2.26 bits per heavy atom. The lowest BCUT2D eigenvalue weighted by Gasteiger charge is -2.18. The summed E-state index contributed by atoms with van der Waals surface area (Å²) in [5.41, 5.74) is 0.734. The van der Waals surface area contributed by atoms with Gasteiger partial charge in [0.05, 0.1) is 13.3 Å². The maximum absolute atomic E-state index is 11.7. The molecule has 0 aliphatic heterocycles. The molecule has 2 aromatic rings. The lowest BCUT2D eigenvalue weighted by molar-refractivity contribution is -0.141. The minimum atomic E-state index is -0.386. The Hall–Kier alpha value is -2.11. The number of methoxy groups -OCH3 is 1. The third-order valence-corrected chi connectivity index (χ3v) is 2.77. The normalized spacial score (nSPS) is 12.6. The van der Waals surface area contributed by atoms with E-state index in [1.165, 1.54) is 7.11 Å². The number of carbonyl (C=O) groups excluding carboxylic acids is 1. The highest BCUT2D eigenvalue weighted by Gasteiger charge is 2.20. The molecule has 0 aliphatic rings. The van der Waals surface area contributed by atoms with Gasteiger partial charge in [0.15, 0.2) is 5.65 Å². The number of hydrogen-bond acceptors (Lipinski definition) is 5. The summed E-state index contributed by atoms with van der Waals surface area (Å²) in [4.78, 5) is 16.1. The summed E-state index contributed by atoms with van der Waals surface area (Å²) < 4.78 is 6.48. The summed E-state index contributed by atoms with van der Waals surface area (Å²) in [5, 5.41) is 7.19. The molecule has 2 aromatic heterocycles. The number of nitrogens with one attached hydrogen (secondary N) is 1. The molecule has 1 unspecified atom stereocenters. The molecule has 0 saturated carbocycles. The van der Waals surface area contributed by atoms with E-state index in [0.29, 0.717) is 18.2 Å². The van der Waals surface area contributed by atoms with Crippen LogP contribution in [-0.2, 0) is 9.53 Å². The monoisotopic (exact) mass is 262 g/mol. The summed E-state index contributed by atoms with van der Waals surface area (Å²) in [6, 6.07) is 3.21. The van der Waals surface area contributed by atoms with Crippen LogP contribution < -0.4 is 5.32 Å². The molecule has 0 saturated heterocycles. The van der Waals surface area contributed by atoms with Crippen LogP contribution in [0.3, 0.4) is 0 Å². The van der Waals surface area contributed by atoms with Gasteiger partial charge in [-0.1, -0.05) is 13.8 Å². The number of rotatable bonds is 5. The zero-order valence-corrected chi connectivity index (χ0v) is 11.3. The minimum absolute atomic E-state index is 0.274. The maximum Gasteiger partial charge on any atom is 0.328 e. The highest BCUT2D eigenvalue weighted by atomic mass is 16.5. The third kappa shape index (κ3) is 3.21. The maximum atomic E-state index is 11.7. The Morgan fingerprint density at radius 3 is 2.95 bits per heavy atom. The number of carbonyl (C=O) groups is 1. The first-order valence-corrected chi connectivity index (χ1v) is 6.25. The van der Waals surface area contributed by atoms with Crippen molar-refractivity contribution in [3.63, 3.8) is 0 Å². The van der Waals surface area contributed by atoms with Crippen LogP contribution in [0.2, 0.25) is 0 Å². The zero-order chi connectivity index (χ0) is 13.8.